The first-order chi connectivity index (χ1) is 12.6. The van der Waals surface area contributed by atoms with Crippen molar-refractivity contribution in [3.63, 3.8) is 0 Å². The molecule has 0 radical (unpaired) electrons. The molecular formula is C20H25N3O2S. The van der Waals surface area contributed by atoms with Gasteiger partial charge in [-0.1, -0.05) is 25.2 Å². The monoisotopic (exact) mass is 371 g/mol. The van der Waals surface area contributed by atoms with Gasteiger partial charge in [-0.3, -0.25) is 9.20 Å². The van der Waals surface area contributed by atoms with Crippen LogP contribution in [0.5, 0.6) is 5.75 Å². The second-order valence-corrected chi connectivity index (χ2v) is 7.29. The van der Waals surface area contributed by atoms with Crippen molar-refractivity contribution in [1.29, 1.82) is 0 Å². The van der Waals surface area contributed by atoms with Crippen LogP contribution in [0.3, 0.4) is 0 Å². The maximum atomic E-state index is 12.9. The summed E-state index contributed by atoms with van der Waals surface area (Å²) in [4.78, 5) is 21.2. The summed E-state index contributed by atoms with van der Waals surface area (Å²) < 4.78 is 7.23. The number of imidazole rings is 1. The van der Waals surface area contributed by atoms with Gasteiger partial charge >= 0.3 is 0 Å². The molecule has 6 heteroatoms. The third kappa shape index (κ3) is 3.46. The molecule has 0 aliphatic rings. The SMILES string of the molecule is CCCN(CCC)C(=O)c1sc2nc(-c3ccc(OC)cc3)cn2c1C. The van der Waals surface area contributed by atoms with E-state index in [9.17, 15) is 4.79 Å². The van der Waals surface area contributed by atoms with E-state index in [4.69, 9.17) is 9.72 Å². The third-order valence-corrected chi connectivity index (χ3v) is 5.56. The lowest BCUT2D eigenvalue weighted by Gasteiger charge is -2.20. The number of rotatable bonds is 7. The zero-order valence-electron chi connectivity index (χ0n) is 15.8. The summed E-state index contributed by atoms with van der Waals surface area (Å²) in [6.07, 6.45) is 3.94. The molecule has 0 unspecified atom stereocenters. The van der Waals surface area contributed by atoms with Crippen molar-refractivity contribution < 1.29 is 9.53 Å². The number of carbonyl (C=O) groups excluding carboxylic acids is 1. The number of amides is 1. The Balaban J connectivity index is 1.92. The van der Waals surface area contributed by atoms with Gasteiger partial charge in [-0.15, -0.1) is 0 Å². The second kappa shape index (κ2) is 7.91. The standard InChI is InChI=1S/C20H25N3O2S/c1-5-11-22(12-6-2)19(24)18-14(3)23-13-17(21-20(23)26-18)15-7-9-16(25-4)10-8-15/h7-10,13H,5-6,11-12H2,1-4H3. The van der Waals surface area contributed by atoms with E-state index in [-0.39, 0.29) is 5.91 Å². The van der Waals surface area contributed by atoms with Crippen molar-refractivity contribution in [3.8, 4) is 17.0 Å². The van der Waals surface area contributed by atoms with Gasteiger partial charge in [-0.2, -0.15) is 0 Å². The fourth-order valence-electron chi connectivity index (χ4n) is 3.05. The van der Waals surface area contributed by atoms with E-state index in [0.717, 1.165) is 58.5 Å². The molecule has 3 aromatic rings. The van der Waals surface area contributed by atoms with Crippen molar-refractivity contribution in [2.75, 3.05) is 20.2 Å². The van der Waals surface area contributed by atoms with Gasteiger partial charge in [0, 0.05) is 30.5 Å². The van der Waals surface area contributed by atoms with E-state index in [2.05, 4.69) is 13.8 Å². The highest BCUT2D eigenvalue weighted by Crippen LogP contribution is 2.29. The molecule has 0 aliphatic carbocycles. The van der Waals surface area contributed by atoms with Crippen molar-refractivity contribution in [1.82, 2.24) is 14.3 Å². The average Bonchev–Trinajstić information content (AvgIpc) is 3.21. The minimum absolute atomic E-state index is 0.118. The molecule has 1 aromatic carbocycles. The van der Waals surface area contributed by atoms with Crippen molar-refractivity contribution in [2.45, 2.75) is 33.6 Å². The summed E-state index contributed by atoms with van der Waals surface area (Å²) in [5.74, 6) is 0.943. The van der Waals surface area contributed by atoms with Crippen molar-refractivity contribution in [3.05, 3.63) is 41.0 Å². The molecule has 0 saturated carbocycles. The van der Waals surface area contributed by atoms with Crippen LogP contribution < -0.4 is 4.74 Å². The first-order valence-electron chi connectivity index (χ1n) is 9.01. The topological polar surface area (TPSA) is 46.8 Å². The number of methoxy groups -OCH3 is 1. The zero-order valence-corrected chi connectivity index (χ0v) is 16.6. The maximum Gasteiger partial charge on any atom is 0.265 e. The molecule has 5 nitrogen and oxygen atoms in total. The molecule has 0 N–H and O–H groups in total. The van der Waals surface area contributed by atoms with Gasteiger partial charge in [-0.05, 0) is 44.0 Å². The Morgan fingerprint density at radius 2 is 1.85 bits per heavy atom. The predicted molar refractivity (Wildman–Crippen MR) is 106 cm³/mol. The smallest absolute Gasteiger partial charge is 0.265 e. The molecule has 0 atom stereocenters. The number of thiazole rings is 1. The number of benzene rings is 1. The summed E-state index contributed by atoms with van der Waals surface area (Å²) in [6.45, 7) is 7.79. The lowest BCUT2D eigenvalue weighted by molar-refractivity contribution is 0.0759. The number of nitrogens with zero attached hydrogens (tertiary/aromatic N) is 3. The highest BCUT2D eigenvalue weighted by atomic mass is 32.1. The van der Waals surface area contributed by atoms with Crippen LogP contribution in [0.2, 0.25) is 0 Å². The van der Waals surface area contributed by atoms with Gasteiger partial charge in [-0.25, -0.2) is 4.98 Å². The summed E-state index contributed by atoms with van der Waals surface area (Å²) in [7, 11) is 1.66. The fourth-order valence-corrected chi connectivity index (χ4v) is 4.12. The normalized spacial score (nSPS) is 11.1. The number of ether oxygens (including phenoxy) is 1. The first kappa shape index (κ1) is 18.5. The zero-order chi connectivity index (χ0) is 18.7. The van der Waals surface area contributed by atoms with Crippen LogP contribution in [0.1, 0.15) is 42.1 Å². The highest BCUT2D eigenvalue weighted by molar-refractivity contribution is 7.19. The van der Waals surface area contributed by atoms with E-state index in [0.29, 0.717) is 0 Å². The van der Waals surface area contributed by atoms with Crippen molar-refractivity contribution >= 4 is 22.2 Å². The molecule has 0 saturated heterocycles. The molecule has 26 heavy (non-hydrogen) atoms. The lowest BCUT2D eigenvalue weighted by Crippen LogP contribution is -2.32. The van der Waals surface area contributed by atoms with E-state index in [1.807, 2.05) is 46.7 Å². The minimum atomic E-state index is 0.118. The van der Waals surface area contributed by atoms with Gasteiger partial charge in [0.1, 0.15) is 10.6 Å². The number of fused-ring (bicyclic) bond motifs is 1. The number of hydrogen-bond acceptors (Lipinski definition) is 4. The van der Waals surface area contributed by atoms with Crippen LogP contribution in [0.4, 0.5) is 0 Å². The Morgan fingerprint density at radius 3 is 2.38 bits per heavy atom. The Morgan fingerprint density at radius 1 is 1.19 bits per heavy atom. The lowest BCUT2D eigenvalue weighted by atomic mass is 10.2. The minimum Gasteiger partial charge on any atom is -0.497 e. The Hall–Kier alpha value is -2.34. The van der Waals surface area contributed by atoms with Crippen LogP contribution >= 0.6 is 11.3 Å². The molecule has 0 aliphatic heterocycles. The molecular weight excluding hydrogens is 346 g/mol. The van der Waals surface area contributed by atoms with Crippen LogP contribution in [0, 0.1) is 6.92 Å². The quantitative estimate of drug-likeness (QED) is 0.608. The van der Waals surface area contributed by atoms with Crippen molar-refractivity contribution in [2.24, 2.45) is 0 Å². The number of aromatic nitrogens is 2. The van der Waals surface area contributed by atoms with Gasteiger partial charge in [0.05, 0.1) is 12.8 Å². The molecule has 2 heterocycles. The molecule has 2 aromatic heterocycles. The van der Waals surface area contributed by atoms with Gasteiger partial charge in [0.15, 0.2) is 4.96 Å². The molecule has 138 valence electrons. The van der Waals surface area contributed by atoms with Gasteiger partial charge < -0.3 is 9.64 Å². The fraction of sp³-hybridized carbons (Fsp3) is 0.400. The van der Waals surface area contributed by atoms with E-state index < -0.39 is 0 Å². The molecule has 1 amide bonds. The summed E-state index contributed by atoms with van der Waals surface area (Å²) in [6, 6.07) is 7.85. The highest BCUT2D eigenvalue weighted by Gasteiger charge is 2.22. The van der Waals surface area contributed by atoms with Crippen LogP contribution in [-0.2, 0) is 0 Å². The maximum absolute atomic E-state index is 12.9. The first-order valence-corrected chi connectivity index (χ1v) is 9.82. The molecule has 0 spiro atoms. The largest absolute Gasteiger partial charge is 0.497 e. The number of aryl methyl sites for hydroxylation is 1. The predicted octanol–water partition coefficient (Wildman–Crippen LogP) is 4.64. The van der Waals surface area contributed by atoms with E-state index >= 15 is 0 Å². The Labute approximate surface area is 158 Å². The molecule has 0 bridgehead atoms. The van der Waals surface area contributed by atoms with Gasteiger partial charge in [0.2, 0.25) is 0 Å². The van der Waals surface area contributed by atoms with E-state index in [1.54, 1.807) is 7.11 Å². The summed E-state index contributed by atoms with van der Waals surface area (Å²) >= 11 is 1.47. The number of carbonyl (C=O) groups is 1. The number of hydrogen-bond donors (Lipinski definition) is 0. The second-order valence-electron chi connectivity index (χ2n) is 6.32. The summed E-state index contributed by atoms with van der Waals surface area (Å²) in [5, 5.41) is 0. The van der Waals surface area contributed by atoms with Crippen LogP contribution in [0.15, 0.2) is 30.5 Å². The average molecular weight is 372 g/mol. The van der Waals surface area contributed by atoms with Gasteiger partial charge in [0.25, 0.3) is 5.91 Å². The molecule has 3 rings (SSSR count). The van der Waals surface area contributed by atoms with Crippen LogP contribution in [0.25, 0.3) is 16.2 Å². The summed E-state index contributed by atoms with van der Waals surface area (Å²) in [5.41, 5.74) is 2.90. The van der Waals surface area contributed by atoms with Crippen LogP contribution in [-0.4, -0.2) is 40.4 Å². The van der Waals surface area contributed by atoms with E-state index in [1.165, 1.54) is 11.3 Å². The third-order valence-electron chi connectivity index (χ3n) is 4.41. The Bertz CT molecular complexity index is 890. The Kier molecular flexibility index (Phi) is 5.61. The molecule has 0 fully saturated rings.